The summed E-state index contributed by atoms with van der Waals surface area (Å²) in [6.07, 6.45) is 21.4. The van der Waals surface area contributed by atoms with Crippen molar-refractivity contribution in [1.29, 1.82) is 0 Å². The van der Waals surface area contributed by atoms with Crippen molar-refractivity contribution in [3.05, 3.63) is 24.3 Å². The van der Waals surface area contributed by atoms with Gasteiger partial charge in [0.2, 0.25) is 11.8 Å². The molecule has 6 nitrogen and oxygen atoms in total. The van der Waals surface area contributed by atoms with Crippen LogP contribution in [0.1, 0.15) is 96.8 Å². The minimum absolute atomic E-state index is 0.0264. The first-order valence-corrected chi connectivity index (χ1v) is 11.1. The van der Waals surface area contributed by atoms with E-state index >= 15 is 0 Å². The van der Waals surface area contributed by atoms with Crippen LogP contribution in [0.3, 0.4) is 0 Å². The molecule has 0 fully saturated rings. The summed E-state index contributed by atoms with van der Waals surface area (Å²) in [6.45, 7) is 2.22. The Hall–Kier alpha value is -2.11. The molecule has 1 atom stereocenters. The molecule has 0 heterocycles. The largest absolute Gasteiger partial charge is 0.480 e. The fraction of sp³-hybridized carbons (Fsp3) is 0.696. The van der Waals surface area contributed by atoms with E-state index in [-0.39, 0.29) is 18.7 Å². The lowest BCUT2D eigenvalue weighted by Crippen LogP contribution is -2.41. The number of hydrogen-bond donors (Lipinski definition) is 3. The number of primary amides is 1. The number of carbonyl (C=O) groups excluding carboxylic acids is 2. The number of carboxylic acids is 1. The Labute approximate surface area is 176 Å². The number of carboxylic acid groups (broad SMARTS) is 1. The van der Waals surface area contributed by atoms with Gasteiger partial charge in [-0.3, -0.25) is 9.59 Å². The van der Waals surface area contributed by atoms with Crippen molar-refractivity contribution in [2.24, 2.45) is 5.73 Å². The fourth-order valence-electron chi connectivity index (χ4n) is 2.91. The number of nitrogens with two attached hydrogens (primary N) is 1. The molecular formula is C23H40N2O4. The molecule has 0 bridgehead atoms. The van der Waals surface area contributed by atoms with E-state index in [9.17, 15) is 14.4 Å². The summed E-state index contributed by atoms with van der Waals surface area (Å²) in [5.74, 6) is -1.99. The maximum Gasteiger partial charge on any atom is 0.326 e. The molecule has 0 spiro atoms. The Morgan fingerprint density at radius 1 is 0.862 bits per heavy atom. The molecule has 0 aliphatic rings. The SMILES string of the molecule is CCCCC/C=C/C/C=C/CCCCCCCC(=O)NC(CCC(N)=O)C(=O)O. The zero-order valence-electron chi connectivity index (χ0n) is 18.0. The van der Waals surface area contributed by atoms with E-state index in [0.29, 0.717) is 6.42 Å². The van der Waals surface area contributed by atoms with Gasteiger partial charge in [0.05, 0.1) is 0 Å². The lowest BCUT2D eigenvalue weighted by molar-refractivity contribution is -0.142. The van der Waals surface area contributed by atoms with E-state index in [2.05, 4.69) is 36.5 Å². The number of nitrogens with one attached hydrogen (secondary N) is 1. The summed E-state index contributed by atoms with van der Waals surface area (Å²) < 4.78 is 0. The topological polar surface area (TPSA) is 109 Å². The molecule has 0 aromatic heterocycles. The maximum absolute atomic E-state index is 11.8. The highest BCUT2D eigenvalue weighted by molar-refractivity contribution is 5.84. The molecule has 0 aromatic rings. The number of aliphatic carboxylic acids is 1. The van der Waals surface area contributed by atoms with E-state index in [4.69, 9.17) is 10.8 Å². The second-order valence-electron chi connectivity index (χ2n) is 7.44. The first kappa shape index (κ1) is 26.9. The van der Waals surface area contributed by atoms with Gasteiger partial charge in [0.1, 0.15) is 6.04 Å². The molecule has 29 heavy (non-hydrogen) atoms. The molecule has 166 valence electrons. The number of allylic oxidation sites excluding steroid dienone is 4. The van der Waals surface area contributed by atoms with Crippen LogP contribution in [0.4, 0.5) is 0 Å². The van der Waals surface area contributed by atoms with Gasteiger partial charge in [0.15, 0.2) is 0 Å². The van der Waals surface area contributed by atoms with Crippen LogP contribution in [0, 0.1) is 0 Å². The Balaban J connectivity index is 3.61. The molecule has 4 N–H and O–H groups in total. The second kappa shape index (κ2) is 19.2. The molecule has 0 aliphatic heterocycles. The fourth-order valence-corrected chi connectivity index (χ4v) is 2.91. The zero-order valence-corrected chi connectivity index (χ0v) is 18.0. The normalized spacial score (nSPS) is 12.4. The van der Waals surface area contributed by atoms with E-state index in [0.717, 1.165) is 44.9 Å². The quantitative estimate of drug-likeness (QED) is 0.214. The van der Waals surface area contributed by atoms with Crippen LogP contribution in [-0.2, 0) is 14.4 Å². The molecule has 2 amide bonds. The van der Waals surface area contributed by atoms with Gasteiger partial charge in [-0.25, -0.2) is 4.79 Å². The van der Waals surface area contributed by atoms with Crippen LogP contribution in [-0.4, -0.2) is 28.9 Å². The van der Waals surface area contributed by atoms with E-state index in [1.165, 1.54) is 25.7 Å². The molecule has 0 aromatic carbocycles. The minimum Gasteiger partial charge on any atom is -0.480 e. The van der Waals surface area contributed by atoms with Gasteiger partial charge in [0.25, 0.3) is 0 Å². The number of amides is 2. The van der Waals surface area contributed by atoms with Gasteiger partial charge in [-0.1, -0.05) is 63.3 Å². The van der Waals surface area contributed by atoms with E-state index < -0.39 is 17.9 Å². The Morgan fingerprint density at radius 3 is 2.03 bits per heavy atom. The standard InChI is InChI=1S/C23H40N2O4/c1-2-3-4-5-6-7-8-9-10-11-12-13-14-15-16-17-22(27)25-20(23(28)29)18-19-21(24)26/h6-7,9-10,20H,2-5,8,11-19H2,1H3,(H2,24,26)(H,25,27)(H,28,29)/b7-6+,10-9+. The monoisotopic (exact) mass is 408 g/mol. The highest BCUT2D eigenvalue weighted by atomic mass is 16.4. The second-order valence-corrected chi connectivity index (χ2v) is 7.44. The van der Waals surface area contributed by atoms with Gasteiger partial charge in [-0.2, -0.15) is 0 Å². The van der Waals surface area contributed by atoms with Crippen LogP contribution in [0.15, 0.2) is 24.3 Å². The first-order chi connectivity index (χ1) is 14.0. The predicted molar refractivity (Wildman–Crippen MR) is 117 cm³/mol. The number of hydrogen-bond acceptors (Lipinski definition) is 3. The summed E-state index contributed by atoms with van der Waals surface area (Å²) in [4.78, 5) is 33.7. The third kappa shape index (κ3) is 19.0. The molecule has 0 aliphatic carbocycles. The average Bonchev–Trinajstić information content (AvgIpc) is 2.67. The average molecular weight is 409 g/mol. The van der Waals surface area contributed by atoms with Crippen molar-refractivity contribution in [2.75, 3.05) is 0 Å². The molecule has 0 rings (SSSR count). The first-order valence-electron chi connectivity index (χ1n) is 11.1. The van der Waals surface area contributed by atoms with Crippen molar-refractivity contribution >= 4 is 17.8 Å². The lowest BCUT2D eigenvalue weighted by atomic mass is 10.1. The Morgan fingerprint density at radius 2 is 1.45 bits per heavy atom. The van der Waals surface area contributed by atoms with Gasteiger partial charge >= 0.3 is 5.97 Å². The third-order valence-corrected chi connectivity index (χ3v) is 4.67. The van der Waals surface area contributed by atoms with Crippen LogP contribution >= 0.6 is 0 Å². The van der Waals surface area contributed by atoms with Gasteiger partial charge in [-0.05, 0) is 44.9 Å². The molecule has 0 saturated carbocycles. The van der Waals surface area contributed by atoms with Crippen molar-refractivity contribution in [3.8, 4) is 0 Å². The summed E-state index contributed by atoms with van der Waals surface area (Å²) in [7, 11) is 0. The van der Waals surface area contributed by atoms with Crippen LogP contribution in [0.25, 0.3) is 0 Å². The predicted octanol–water partition coefficient (Wildman–Crippen LogP) is 4.63. The molecule has 1 unspecified atom stereocenters. The van der Waals surface area contributed by atoms with Crippen LogP contribution in [0.2, 0.25) is 0 Å². The molecule has 0 saturated heterocycles. The van der Waals surface area contributed by atoms with Gasteiger partial charge in [-0.15, -0.1) is 0 Å². The maximum atomic E-state index is 11.8. The van der Waals surface area contributed by atoms with Crippen molar-refractivity contribution in [1.82, 2.24) is 5.32 Å². The molecular weight excluding hydrogens is 368 g/mol. The van der Waals surface area contributed by atoms with Crippen molar-refractivity contribution in [3.63, 3.8) is 0 Å². The highest BCUT2D eigenvalue weighted by Crippen LogP contribution is 2.08. The van der Waals surface area contributed by atoms with Crippen molar-refractivity contribution in [2.45, 2.75) is 103 Å². The summed E-state index contributed by atoms with van der Waals surface area (Å²) in [6, 6.07) is -1.05. The van der Waals surface area contributed by atoms with Crippen LogP contribution < -0.4 is 11.1 Å². The Bertz CT molecular complexity index is 515. The summed E-state index contributed by atoms with van der Waals surface area (Å²) in [5.41, 5.74) is 5.02. The van der Waals surface area contributed by atoms with E-state index in [1.807, 2.05) is 0 Å². The van der Waals surface area contributed by atoms with Crippen molar-refractivity contribution < 1.29 is 19.5 Å². The Kier molecular flexibility index (Phi) is 17.8. The zero-order chi connectivity index (χ0) is 21.7. The lowest BCUT2D eigenvalue weighted by Gasteiger charge is -2.13. The summed E-state index contributed by atoms with van der Waals surface area (Å²) in [5, 5.41) is 11.5. The number of rotatable bonds is 19. The van der Waals surface area contributed by atoms with Gasteiger partial charge < -0.3 is 16.2 Å². The summed E-state index contributed by atoms with van der Waals surface area (Å²) >= 11 is 0. The number of carbonyl (C=O) groups is 3. The minimum atomic E-state index is -1.14. The number of unbranched alkanes of at least 4 members (excludes halogenated alkanes) is 8. The van der Waals surface area contributed by atoms with Crippen LogP contribution in [0.5, 0.6) is 0 Å². The smallest absolute Gasteiger partial charge is 0.326 e. The van der Waals surface area contributed by atoms with Gasteiger partial charge in [0, 0.05) is 12.8 Å². The molecule has 6 heteroatoms. The van der Waals surface area contributed by atoms with E-state index in [1.54, 1.807) is 0 Å². The third-order valence-electron chi connectivity index (χ3n) is 4.67. The highest BCUT2D eigenvalue weighted by Gasteiger charge is 2.20. The molecule has 0 radical (unpaired) electrons.